The summed E-state index contributed by atoms with van der Waals surface area (Å²) in [5.41, 5.74) is 1.45. The van der Waals surface area contributed by atoms with Crippen molar-refractivity contribution in [3.05, 3.63) is 22.7 Å². The van der Waals surface area contributed by atoms with Crippen molar-refractivity contribution in [2.75, 3.05) is 26.8 Å². The summed E-state index contributed by atoms with van der Waals surface area (Å²) >= 11 is 6.35. The zero-order valence-corrected chi connectivity index (χ0v) is 13.3. The maximum absolute atomic E-state index is 6.35. The highest BCUT2D eigenvalue weighted by Gasteiger charge is 2.20. The zero-order valence-electron chi connectivity index (χ0n) is 12.6. The van der Waals surface area contributed by atoms with E-state index in [0.29, 0.717) is 18.6 Å². The SMILES string of the molecule is CNCCC(C)(C)CCc1cc2c(cc1Cl)OCCO2. The highest BCUT2D eigenvalue weighted by atomic mass is 35.5. The van der Waals surface area contributed by atoms with Crippen molar-refractivity contribution in [2.45, 2.75) is 33.1 Å². The predicted molar refractivity (Wildman–Crippen MR) is 83.1 cm³/mol. The molecule has 4 heteroatoms. The van der Waals surface area contributed by atoms with E-state index in [2.05, 4.69) is 19.2 Å². The van der Waals surface area contributed by atoms with Crippen molar-refractivity contribution in [3.8, 4) is 11.5 Å². The summed E-state index contributed by atoms with van der Waals surface area (Å²) in [7, 11) is 1.99. The molecule has 1 aromatic rings. The Hall–Kier alpha value is -0.930. The van der Waals surface area contributed by atoms with Gasteiger partial charge in [0.2, 0.25) is 0 Å². The lowest BCUT2D eigenvalue weighted by molar-refractivity contribution is 0.171. The van der Waals surface area contributed by atoms with Crippen molar-refractivity contribution in [1.82, 2.24) is 5.32 Å². The van der Waals surface area contributed by atoms with Crippen molar-refractivity contribution in [1.29, 1.82) is 0 Å². The minimum atomic E-state index is 0.305. The van der Waals surface area contributed by atoms with Crippen LogP contribution in [0.3, 0.4) is 0 Å². The average molecular weight is 298 g/mol. The molecule has 2 rings (SSSR count). The molecule has 0 amide bonds. The van der Waals surface area contributed by atoms with Crippen molar-refractivity contribution in [2.24, 2.45) is 5.41 Å². The molecule has 0 saturated carbocycles. The Kier molecular flexibility index (Phi) is 5.17. The van der Waals surface area contributed by atoms with Gasteiger partial charge in [0, 0.05) is 11.1 Å². The smallest absolute Gasteiger partial charge is 0.162 e. The van der Waals surface area contributed by atoms with E-state index in [0.717, 1.165) is 47.9 Å². The standard InChI is InChI=1S/C16H24ClNO2/c1-16(2,6-7-18-3)5-4-12-10-14-15(11-13(12)17)20-9-8-19-14/h10-11,18H,4-9H2,1-3H3. The molecule has 0 radical (unpaired) electrons. The lowest BCUT2D eigenvalue weighted by atomic mass is 9.83. The van der Waals surface area contributed by atoms with Crippen molar-refractivity contribution >= 4 is 11.6 Å². The number of rotatable bonds is 6. The fourth-order valence-corrected chi connectivity index (χ4v) is 2.61. The van der Waals surface area contributed by atoms with E-state index < -0.39 is 0 Å². The second-order valence-corrected chi connectivity index (χ2v) is 6.51. The molecule has 0 bridgehead atoms. The van der Waals surface area contributed by atoms with Crippen LogP contribution in [-0.2, 0) is 6.42 Å². The fourth-order valence-electron chi connectivity index (χ4n) is 2.36. The lowest BCUT2D eigenvalue weighted by Crippen LogP contribution is -2.20. The second-order valence-electron chi connectivity index (χ2n) is 6.11. The van der Waals surface area contributed by atoms with Crippen LogP contribution in [0, 0.1) is 5.41 Å². The van der Waals surface area contributed by atoms with Crippen molar-refractivity contribution in [3.63, 3.8) is 0 Å². The molecule has 112 valence electrons. The molecule has 0 saturated heterocycles. The van der Waals surface area contributed by atoms with Crippen LogP contribution < -0.4 is 14.8 Å². The Balaban J connectivity index is 2.02. The van der Waals surface area contributed by atoms with Gasteiger partial charge in [-0.1, -0.05) is 25.4 Å². The fraction of sp³-hybridized carbons (Fsp3) is 0.625. The number of benzene rings is 1. The summed E-state index contributed by atoms with van der Waals surface area (Å²) in [6.07, 6.45) is 3.23. The molecule has 0 atom stereocenters. The van der Waals surface area contributed by atoms with Gasteiger partial charge < -0.3 is 14.8 Å². The van der Waals surface area contributed by atoms with Crippen LogP contribution >= 0.6 is 11.6 Å². The van der Waals surface area contributed by atoms with Gasteiger partial charge in [0.05, 0.1) is 0 Å². The number of hydrogen-bond acceptors (Lipinski definition) is 3. The average Bonchev–Trinajstić information content (AvgIpc) is 2.43. The van der Waals surface area contributed by atoms with E-state index in [-0.39, 0.29) is 0 Å². The Labute approximate surface area is 126 Å². The van der Waals surface area contributed by atoms with Gasteiger partial charge in [-0.2, -0.15) is 0 Å². The van der Waals surface area contributed by atoms with Gasteiger partial charge in [-0.3, -0.25) is 0 Å². The van der Waals surface area contributed by atoms with Crippen LogP contribution in [-0.4, -0.2) is 26.8 Å². The number of ether oxygens (including phenoxy) is 2. The second kappa shape index (κ2) is 6.68. The Morgan fingerprint density at radius 2 is 1.80 bits per heavy atom. The van der Waals surface area contributed by atoms with E-state index in [1.165, 1.54) is 0 Å². The molecule has 1 aliphatic rings. The third-order valence-electron chi connectivity index (χ3n) is 3.83. The highest BCUT2D eigenvalue weighted by molar-refractivity contribution is 6.31. The summed E-state index contributed by atoms with van der Waals surface area (Å²) in [6, 6.07) is 3.91. The van der Waals surface area contributed by atoms with Gasteiger partial charge in [-0.25, -0.2) is 0 Å². The van der Waals surface area contributed by atoms with Crippen LogP contribution in [0.2, 0.25) is 5.02 Å². The molecular formula is C16H24ClNO2. The molecule has 20 heavy (non-hydrogen) atoms. The first-order valence-electron chi connectivity index (χ1n) is 7.24. The largest absolute Gasteiger partial charge is 0.486 e. The summed E-state index contributed by atoms with van der Waals surface area (Å²) in [5, 5.41) is 3.99. The van der Waals surface area contributed by atoms with Gasteiger partial charge in [0.15, 0.2) is 11.5 Å². The minimum absolute atomic E-state index is 0.305. The van der Waals surface area contributed by atoms with Gasteiger partial charge >= 0.3 is 0 Å². The highest BCUT2D eigenvalue weighted by Crippen LogP contribution is 2.37. The molecule has 1 aliphatic heterocycles. The molecule has 1 aromatic carbocycles. The van der Waals surface area contributed by atoms with Gasteiger partial charge in [-0.05, 0) is 49.9 Å². The van der Waals surface area contributed by atoms with Crippen LogP contribution in [0.15, 0.2) is 12.1 Å². The van der Waals surface area contributed by atoms with Crippen LogP contribution in [0.4, 0.5) is 0 Å². The zero-order chi connectivity index (χ0) is 14.6. The molecule has 1 heterocycles. The summed E-state index contributed by atoms with van der Waals surface area (Å²) in [4.78, 5) is 0. The predicted octanol–water partition coefficient (Wildman–Crippen LogP) is 3.68. The van der Waals surface area contributed by atoms with Crippen LogP contribution in [0.1, 0.15) is 32.3 Å². The molecule has 3 nitrogen and oxygen atoms in total. The first-order chi connectivity index (χ1) is 9.52. The Morgan fingerprint density at radius 3 is 2.45 bits per heavy atom. The molecule has 0 spiro atoms. The molecule has 0 aromatic heterocycles. The van der Waals surface area contributed by atoms with Crippen molar-refractivity contribution < 1.29 is 9.47 Å². The van der Waals surface area contributed by atoms with Crippen LogP contribution in [0.5, 0.6) is 11.5 Å². The van der Waals surface area contributed by atoms with Gasteiger partial charge in [0.1, 0.15) is 13.2 Å². The lowest BCUT2D eigenvalue weighted by Gasteiger charge is -2.25. The van der Waals surface area contributed by atoms with E-state index in [1.807, 2.05) is 19.2 Å². The number of aryl methyl sites for hydroxylation is 1. The number of nitrogens with one attached hydrogen (secondary N) is 1. The van der Waals surface area contributed by atoms with Gasteiger partial charge in [0.25, 0.3) is 0 Å². The Morgan fingerprint density at radius 1 is 1.15 bits per heavy atom. The molecule has 0 unspecified atom stereocenters. The topological polar surface area (TPSA) is 30.5 Å². The van der Waals surface area contributed by atoms with Crippen LogP contribution in [0.25, 0.3) is 0 Å². The normalized spacial score (nSPS) is 14.4. The molecule has 0 fully saturated rings. The van der Waals surface area contributed by atoms with E-state index >= 15 is 0 Å². The van der Waals surface area contributed by atoms with Gasteiger partial charge in [-0.15, -0.1) is 0 Å². The first kappa shape index (κ1) is 15.5. The summed E-state index contributed by atoms with van der Waals surface area (Å²) in [5.74, 6) is 1.59. The third-order valence-corrected chi connectivity index (χ3v) is 4.19. The molecular weight excluding hydrogens is 274 g/mol. The maximum atomic E-state index is 6.35. The summed E-state index contributed by atoms with van der Waals surface area (Å²) in [6.45, 7) is 6.86. The number of halogens is 1. The third kappa shape index (κ3) is 4.03. The maximum Gasteiger partial charge on any atom is 0.162 e. The molecule has 0 aliphatic carbocycles. The summed E-state index contributed by atoms with van der Waals surface area (Å²) < 4.78 is 11.2. The number of hydrogen-bond donors (Lipinski definition) is 1. The first-order valence-corrected chi connectivity index (χ1v) is 7.62. The number of fused-ring (bicyclic) bond motifs is 1. The molecule has 1 N–H and O–H groups in total. The monoisotopic (exact) mass is 297 g/mol. The van der Waals surface area contributed by atoms with E-state index in [1.54, 1.807) is 0 Å². The minimum Gasteiger partial charge on any atom is -0.486 e. The van der Waals surface area contributed by atoms with E-state index in [9.17, 15) is 0 Å². The quantitative estimate of drug-likeness (QED) is 0.869. The Bertz CT molecular complexity index is 460. The van der Waals surface area contributed by atoms with E-state index in [4.69, 9.17) is 21.1 Å².